The van der Waals surface area contributed by atoms with Crippen LogP contribution in [0.25, 0.3) is 33.2 Å². The van der Waals surface area contributed by atoms with Gasteiger partial charge in [0.2, 0.25) is 11.8 Å². The standard InChI is InChI=1S/C55H67N11O4/c1-4-43-35-60(33-38-8-16-47-49(30-38)64(44-14-15-44)55(70)65(47)66-51(67)6-5-7-52(66)68)28-29-63(43)34-37-19-24-62(25-20-37)54(69)41-11-9-39(10-12-41)40-21-26-61(27-22-40)36(2)48-31-46-45(18-23-57-53(46)59(48)3)42-13-17-50(56)58-32-42/h8-13,16-18,23,30-32,36-37,40,43-44H,4-7,14-15,19-22,24-29,33-35H2,1-3H3,(H2,56,58)/t36-,43-/m0/s1. The predicted molar refractivity (Wildman–Crippen MR) is 273 cm³/mol. The molecule has 2 N–H and O–H groups in total. The lowest BCUT2D eigenvalue weighted by atomic mass is 9.88. The maximum Gasteiger partial charge on any atom is 0.348 e. The second-order valence-electron chi connectivity index (χ2n) is 20.8. The van der Waals surface area contributed by atoms with Gasteiger partial charge in [0.1, 0.15) is 11.5 Å². The van der Waals surface area contributed by atoms with Crippen LogP contribution >= 0.6 is 0 Å². The van der Waals surface area contributed by atoms with Crippen LogP contribution in [0.15, 0.2) is 83.9 Å². The van der Waals surface area contributed by atoms with Gasteiger partial charge < -0.3 is 15.2 Å². The molecule has 0 bridgehead atoms. The molecule has 4 saturated heterocycles. The molecule has 1 aliphatic carbocycles. The highest BCUT2D eigenvalue weighted by atomic mass is 16.2. The van der Waals surface area contributed by atoms with E-state index in [1.807, 2.05) is 35.2 Å². The zero-order valence-electron chi connectivity index (χ0n) is 41.0. The van der Waals surface area contributed by atoms with E-state index in [0.717, 1.165) is 148 Å². The molecule has 366 valence electrons. The van der Waals surface area contributed by atoms with Crippen LogP contribution in [0.5, 0.6) is 0 Å². The first-order valence-electron chi connectivity index (χ1n) is 25.9. The molecule has 15 nitrogen and oxygen atoms in total. The van der Waals surface area contributed by atoms with Gasteiger partial charge >= 0.3 is 5.69 Å². The van der Waals surface area contributed by atoms with Crippen molar-refractivity contribution in [3.63, 3.8) is 0 Å². The molecule has 6 aromatic rings. The first kappa shape index (κ1) is 46.2. The molecule has 8 heterocycles. The summed E-state index contributed by atoms with van der Waals surface area (Å²) < 4.78 is 5.38. The number of pyridine rings is 2. The molecule has 11 rings (SSSR count). The Hall–Kier alpha value is -6.16. The third-order valence-corrected chi connectivity index (χ3v) is 16.4. The SMILES string of the molecule is CC[C@H]1CN(Cc2ccc3c(c2)n(C2CC2)c(=O)n3N2C(=O)CCCC2=O)CCN1CC1CCN(C(=O)c2ccc(C3CCN([C@@H](C)c4cc5c(-c6ccc(N)nc6)ccnc5n4C)CC3)cc2)CC1. The number of carbonyl (C=O) groups excluding carboxylic acids is 3. The van der Waals surface area contributed by atoms with E-state index in [4.69, 9.17) is 10.7 Å². The van der Waals surface area contributed by atoms with E-state index in [1.54, 1.807) is 0 Å². The third-order valence-electron chi connectivity index (χ3n) is 16.4. The number of carbonyl (C=O) groups is 3. The molecule has 2 atom stereocenters. The maximum atomic E-state index is 13.8. The molecule has 2 aromatic carbocycles. The van der Waals surface area contributed by atoms with Gasteiger partial charge in [0.25, 0.3) is 5.91 Å². The number of fused-ring (bicyclic) bond motifs is 2. The van der Waals surface area contributed by atoms with E-state index in [-0.39, 0.29) is 48.3 Å². The van der Waals surface area contributed by atoms with Crippen LogP contribution in [0.4, 0.5) is 5.82 Å². The summed E-state index contributed by atoms with van der Waals surface area (Å²) in [7, 11) is 2.12. The number of anilines is 1. The molecule has 0 unspecified atom stereocenters. The zero-order chi connectivity index (χ0) is 48.2. The summed E-state index contributed by atoms with van der Waals surface area (Å²) in [4.78, 5) is 72.3. The fourth-order valence-corrected chi connectivity index (χ4v) is 12.2. The summed E-state index contributed by atoms with van der Waals surface area (Å²) in [6.45, 7) is 13.0. The molecule has 4 aromatic heterocycles. The number of hydrogen-bond acceptors (Lipinski definition) is 10. The molecular weight excluding hydrogens is 879 g/mol. The summed E-state index contributed by atoms with van der Waals surface area (Å²) in [5, 5.41) is 2.22. The number of imide groups is 1. The van der Waals surface area contributed by atoms with Crippen molar-refractivity contribution in [3.8, 4) is 11.1 Å². The largest absolute Gasteiger partial charge is 0.384 e. The molecule has 0 radical (unpaired) electrons. The van der Waals surface area contributed by atoms with Crippen LogP contribution in [-0.4, -0.2) is 119 Å². The highest BCUT2D eigenvalue weighted by molar-refractivity contribution is 6.11. The quantitative estimate of drug-likeness (QED) is 0.125. The molecule has 3 amide bonds. The molecule has 15 heteroatoms. The molecule has 70 heavy (non-hydrogen) atoms. The Morgan fingerprint density at radius 3 is 2.27 bits per heavy atom. The lowest BCUT2D eigenvalue weighted by Crippen LogP contribution is -2.54. The number of rotatable bonds is 12. The van der Waals surface area contributed by atoms with Gasteiger partial charge in [-0.2, -0.15) is 9.69 Å². The number of hydrogen-bond donors (Lipinski definition) is 1. The minimum Gasteiger partial charge on any atom is -0.384 e. The summed E-state index contributed by atoms with van der Waals surface area (Å²) in [6, 6.07) is 23.6. The Morgan fingerprint density at radius 2 is 1.57 bits per heavy atom. The summed E-state index contributed by atoms with van der Waals surface area (Å²) >= 11 is 0. The number of imidazole rings is 1. The predicted octanol–water partition coefficient (Wildman–Crippen LogP) is 7.23. The van der Waals surface area contributed by atoms with E-state index in [0.29, 0.717) is 35.6 Å². The summed E-state index contributed by atoms with van der Waals surface area (Å²) in [5.74, 6) is 1.07. The van der Waals surface area contributed by atoms with Crippen LogP contribution in [0, 0.1) is 5.92 Å². The number of amides is 3. The van der Waals surface area contributed by atoms with Gasteiger partial charge in [-0.3, -0.25) is 33.7 Å². The van der Waals surface area contributed by atoms with Crippen molar-refractivity contribution in [3.05, 3.63) is 112 Å². The lowest BCUT2D eigenvalue weighted by Gasteiger charge is -2.44. The average Bonchev–Trinajstić information content (AvgIpc) is 4.10. The lowest BCUT2D eigenvalue weighted by molar-refractivity contribution is -0.131. The van der Waals surface area contributed by atoms with Crippen LogP contribution in [0.1, 0.15) is 123 Å². The number of nitrogens with two attached hydrogens (primary N) is 1. The van der Waals surface area contributed by atoms with Crippen molar-refractivity contribution < 1.29 is 14.4 Å². The average molecular weight is 946 g/mol. The molecule has 1 saturated carbocycles. The van der Waals surface area contributed by atoms with E-state index < -0.39 is 0 Å². The number of likely N-dealkylation sites (tertiary alicyclic amines) is 2. The van der Waals surface area contributed by atoms with E-state index in [1.165, 1.54) is 15.9 Å². The topological polar surface area (TPSA) is 151 Å². The van der Waals surface area contributed by atoms with Gasteiger partial charge in [-0.1, -0.05) is 25.1 Å². The first-order valence-corrected chi connectivity index (χ1v) is 25.9. The Labute approximate surface area is 409 Å². The van der Waals surface area contributed by atoms with E-state index in [9.17, 15) is 19.2 Å². The molecule has 4 aliphatic heterocycles. The Morgan fingerprint density at radius 1 is 0.814 bits per heavy atom. The van der Waals surface area contributed by atoms with Crippen LogP contribution < -0.4 is 16.4 Å². The third kappa shape index (κ3) is 8.85. The van der Waals surface area contributed by atoms with Crippen molar-refractivity contribution in [1.29, 1.82) is 0 Å². The minimum absolute atomic E-state index is 0.110. The molecular formula is C55H67N11O4. The molecule has 5 fully saturated rings. The molecule has 0 spiro atoms. The van der Waals surface area contributed by atoms with Crippen molar-refractivity contribution in [2.24, 2.45) is 13.0 Å². The van der Waals surface area contributed by atoms with Gasteiger partial charge in [-0.15, -0.1) is 0 Å². The van der Waals surface area contributed by atoms with Gasteiger partial charge in [0.15, 0.2) is 0 Å². The number of nitrogen functional groups attached to an aromatic ring is 1. The Kier molecular flexibility index (Phi) is 12.7. The minimum atomic E-state index is -0.309. The van der Waals surface area contributed by atoms with Crippen molar-refractivity contribution in [1.82, 2.24) is 43.4 Å². The number of aromatic nitrogens is 5. The fraction of sp³-hybridized carbons (Fsp3) is 0.491. The number of piperazine rings is 1. The van der Waals surface area contributed by atoms with Crippen LogP contribution in [-0.2, 0) is 23.2 Å². The highest BCUT2D eigenvalue weighted by Gasteiger charge is 2.36. The molecule has 5 aliphatic rings. The number of aryl methyl sites for hydroxylation is 1. The van der Waals surface area contributed by atoms with E-state index in [2.05, 4.69) is 98.6 Å². The number of nitrogens with zero attached hydrogens (tertiary/aromatic N) is 10. The van der Waals surface area contributed by atoms with Crippen molar-refractivity contribution in [2.75, 3.05) is 63.1 Å². The van der Waals surface area contributed by atoms with E-state index >= 15 is 0 Å². The highest BCUT2D eigenvalue weighted by Crippen LogP contribution is 2.38. The van der Waals surface area contributed by atoms with Gasteiger partial charge in [-0.05, 0) is 148 Å². The van der Waals surface area contributed by atoms with Crippen LogP contribution in [0.2, 0.25) is 0 Å². The Bertz CT molecular complexity index is 2960. The van der Waals surface area contributed by atoms with Gasteiger partial charge in [-0.25, -0.2) is 14.8 Å². The monoisotopic (exact) mass is 946 g/mol. The number of piperidine rings is 3. The summed E-state index contributed by atoms with van der Waals surface area (Å²) in [5.41, 5.74) is 14.6. The normalized spacial score (nSPS) is 21.1. The van der Waals surface area contributed by atoms with Crippen molar-refractivity contribution >= 4 is 45.6 Å². The number of benzene rings is 2. The second kappa shape index (κ2) is 19.2. The maximum absolute atomic E-state index is 13.8. The van der Waals surface area contributed by atoms with Crippen LogP contribution in [0.3, 0.4) is 0 Å². The van der Waals surface area contributed by atoms with Gasteiger partial charge in [0.05, 0.1) is 11.0 Å². The van der Waals surface area contributed by atoms with Gasteiger partial charge in [0, 0.05) is 118 Å². The second-order valence-corrected chi connectivity index (χ2v) is 20.8. The zero-order valence-corrected chi connectivity index (χ0v) is 41.0. The fourth-order valence-electron chi connectivity index (χ4n) is 12.2. The first-order chi connectivity index (χ1) is 34.0. The summed E-state index contributed by atoms with van der Waals surface area (Å²) in [6.07, 6.45) is 11.9. The van der Waals surface area contributed by atoms with Crippen molar-refractivity contribution in [2.45, 2.75) is 109 Å². The Balaban J connectivity index is 0.655. The smallest absolute Gasteiger partial charge is 0.348 e.